The van der Waals surface area contributed by atoms with E-state index < -0.39 is 0 Å². The molecule has 96 valence electrons. The van der Waals surface area contributed by atoms with E-state index in [1.54, 1.807) is 17.4 Å². The molecule has 1 aliphatic rings. The first-order chi connectivity index (χ1) is 8.81. The van der Waals surface area contributed by atoms with Gasteiger partial charge in [-0.2, -0.15) is 0 Å². The minimum absolute atomic E-state index is 0.155. The van der Waals surface area contributed by atoms with E-state index in [0.29, 0.717) is 0 Å². The van der Waals surface area contributed by atoms with Gasteiger partial charge in [0.05, 0.1) is 0 Å². The van der Waals surface area contributed by atoms with Crippen LogP contribution in [0.25, 0.3) is 10.1 Å². The van der Waals surface area contributed by atoms with Crippen molar-refractivity contribution in [3.8, 4) is 0 Å². The molecule has 1 saturated carbocycles. The van der Waals surface area contributed by atoms with Gasteiger partial charge >= 0.3 is 0 Å². The fourth-order valence-corrected chi connectivity index (χ4v) is 3.07. The van der Waals surface area contributed by atoms with Gasteiger partial charge in [0.25, 0.3) is 0 Å². The van der Waals surface area contributed by atoms with Crippen molar-refractivity contribution in [2.45, 2.75) is 25.4 Å². The van der Waals surface area contributed by atoms with Crippen molar-refractivity contribution in [2.24, 2.45) is 0 Å². The van der Waals surface area contributed by atoms with Gasteiger partial charge in [-0.15, -0.1) is 11.3 Å². The van der Waals surface area contributed by atoms with E-state index in [-0.39, 0.29) is 5.82 Å². The summed E-state index contributed by atoms with van der Waals surface area (Å²) in [7, 11) is 0. The smallest absolute Gasteiger partial charge is 0.124 e. The first-order valence-electron chi connectivity index (χ1n) is 6.43. The number of hydrogen-bond donors (Lipinski definition) is 2. The van der Waals surface area contributed by atoms with E-state index in [9.17, 15) is 4.39 Å². The predicted molar refractivity (Wildman–Crippen MR) is 74.5 cm³/mol. The number of rotatable bonds is 6. The molecule has 2 aromatic rings. The minimum atomic E-state index is -0.155. The fourth-order valence-electron chi connectivity index (χ4n) is 2.01. The van der Waals surface area contributed by atoms with E-state index in [1.165, 1.54) is 23.8 Å². The maximum atomic E-state index is 13.1. The Bertz CT molecular complexity index is 534. The summed E-state index contributed by atoms with van der Waals surface area (Å²) in [6.45, 7) is 2.89. The summed E-state index contributed by atoms with van der Waals surface area (Å²) in [4.78, 5) is 1.27. The van der Waals surface area contributed by atoms with Crippen LogP contribution in [-0.2, 0) is 6.54 Å². The molecule has 0 atom stereocenters. The molecule has 4 heteroatoms. The van der Waals surface area contributed by atoms with Crippen molar-refractivity contribution in [1.29, 1.82) is 0 Å². The third kappa shape index (κ3) is 3.07. The highest BCUT2D eigenvalue weighted by molar-refractivity contribution is 7.19. The molecule has 0 bridgehead atoms. The Morgan fingerprint density at radius 3 is 2.94 bits per heavy atom. The van der Waals surface area contributed by atoms with Gasteiger partial charge in [0.2, 0.25) is 0 Å². The lowest BCUT2D eigenvalue weighted by molar-refractivity contribution is 0.611. The highest BCUT2D eigenvalue weighted by Gasteiger charge is 2.19. The molecule has 18 heavy (non-hydrogen) atoms. The summed E-state index contributed by atoms with van der Waals surface area (Å²) in [5.41, 5.74) is 0. The van der Waals surface area contributed by atoms with Gasteiger partial charge in [-0.25, -0.2) is 4.39 Å². The molecule has 3 rings (SSSR count). The summed E-state index contributed by atoms with van der Waals surface area (Å²) >= 11 is 1.67. The zero-order chi connectivity index (χ0) is 12.4. The number of nitrogens with one attached hydrogen (secondary N) is 2. The largest absolute Gasteiger partial charge is 0.313 e. The van der Waals surface area contributed by atoms with Crippen LogP contribution >= 0.6 is 11.3 Å². The van der Waals surface area contributed by atoms with Gasteiger partial charge in [0.15, 0.2) is 0 Å². The van der Waals surface area contributed by atoms with Gasteiger partial charge in [-0.3, -0.25) is 0 Å². The molecule has 2 nitrogen and oxygen atoms in total. The van der Waals surface area contributed by atoms with Crippen molar-refractivity contribution in [1.82, 2.24) is 10.6 Å². The lowest BCUT2D eigenvalue weighted by atomic mass is 10.2. The highest BCUT2D eigenvalue weighted by Crippen LogP contribution is 2.26. The number of hydrogen-bond acceptors (Lipinski definition) is 3. The number of fused-ring (bicyclic) bond motifs is 1. The van der Waals surface area contributed by atoms with Crippen LogP contribution in [0.1, 0.15) is 17.7 Å². The SMILES string of the molecule is Fc1ccc2cc(CNCCNC3CC3)sc2c1. The van der Waals surface area contributed by atoms with Gasteiger partial charge in [0.1, 0.15) is 5.82 Å². The predicted octanol–water partition coefficient (Wildman–Crippen LogP) is 2.88. The van der Waals surface area contributed by atoms with Crippen LogP contribution in [0.4, 0.5) is 4.39 Å². The monoisotopic (exact) mass is 264 g/mol. The normalized spacial score (nSPS) is 15.4. The van der Waals surface area contributed by atoms with Crippen molar-refractivity contribution < 1.29 is 4.39 Å². The van der Waals surface area contributed by atoms with E-state index in [4.69, 9.17) is 0 Å². The fraction of sp³-hybridized carbons (Fsp3) is 0.429. The average Bonchev–Trinajstić information content (AvgIpc) is 3.08. The molecule has 0 unspecified atom stereocenters. The topological polar surface area (TPSA) is 24.1 Å². The van der Waals surface area contributed by atoms with Crippen LogP contribution in [0.5, 0.6) is 0 Å². The van der Waals surface area contributed by atoms with E-state index in [2.05, 4.69) is 16.7 Å². The Morgan fingerprint density at radius 1 is 1.22 bits per heavy atom. The Hall–Kier alpha value is -0.970. The van der Waals surface area contributed by atoms with Crippen molar-refractivity contribution >= 4 is 21.4 Å². The third-order valence-electron chi connectivity index (χ3n) is 3.14. The molecule has 2 N–H and O–H groups in total. The van der Waals surface area contributed by atoms with Crippen LogP contribution in [0.2, 0.25) is 0 Å². The quantitative estimate of drug-likeness (QED) is 0.784. The second-order valence-corrected chi connectivity index (χ2v) is 5.97. The summed E-state index contributed by atoms with van der Waals surface area (Å²) in [5, 5.41) is 8.02. The summed E-state index contributed by atoms with van der Waals surface area (Å²) in [6.07, 6.45) is 2.67. The molecule has 1 heterocycles. The summed E-state index contributed by atoms with van der Waals surface area (Å²) < 4.78 is 14.1. The van der Waals surface area contributed by atoms with Crippen molar-refractivity contribution in [2.75, 3.05) is 13.1 Å². The molecule has 0 saturated heterocycles. The van der Waals surface area contributed by atoms with Gasteiger partial charge in [0, 0.05) is 35.3 Å². The molecular weight excluding hydrogens is 247 g/mol. The number of thiophene rings is 1. The third-order valence-corrected chi connectivity index (χ3v) is 4.24. The van der Waals surface area contributed by atoms with Crippen LogP contribution in [0, 0.1) is 5.82 Å². The Labute approximate surface area is 110 Å². The second kappa shape index (κ2) is 5.34. The zero-order valence-corrected chi connectivity index (χ0v) is 11.0. The van der Waals surface area contributed by atoms with Crippen molar-refractivity contribution in [3.05, 3.63) is 35.0 Å². The molecule has 1 aliphatic carbocycles. The lowest BCUT2D eigenvalue weighted by Gasteiger charge is -2.03. The molecule has 0 aliphatic heterocycles. The van der Waals surface area contributed by atoms with Gasteiger partial charge in [-0.05, 0) is 36.4 Å². The molecular formula is C14H17FN2S. The first-order valence-corrected chi connectivity index (χ1v) is 7.25. The molecule has 0 radical (unpaired) electrons. The maximum Gasteiger partial charge on any atom is 0.124 e. The van der Waals surface area contributed by atoms with Crippen LogP contribution in [0.15, 0.2) is 24.3 Å². The van der Waals surface area contributed by atoms with Gasteiger partial charge < -0.3 is 10.6 Å². The lowest BCUT2D eigenvalue weighted by Crippen LogP contribution is -2.28. The standard InChI is InChI=1S/C14H17FN2S/c15-11-2-1-10-7-13(18-14(10)8-11)9-16-5-6-17-12-3-4-12/h1-2,7-8,12,16-17H,3-6,9H2. The van der Waals surface area contributed by atoms with Crippen molar-refractivity contribution in [3.63, 3.8) is 0 Å². The number of benzene rings is 1. The zero-order valence-electron chi connectivity index (χ0n) is 10.2. The molecule has 1 aromatic carbocycles. The summed E-state index contributed by atoms with van der Waals surface area (Å²) in [5.74, 6) is -0.155. The van der Waals surface area contributed by atoms with Crippen LogP contribution in [-0.4, -0.2) is 19.1 Å². The van der Waals surface area contributed by atoms with Gasteiger partial charge in [-0.1, -0.05) is 6.07 Å². The Kier molecular flexibility index (Phi) is 3.59. The molecule has 1 fully saturated rings. The van der Waals surface area contributed by atoms with Crippen LogP contribution < -0.4 is 10.6 Å². The van der Waals surface area contributed by atoms with Crippen LogP contribution in [0.3, 0.4) is 0 Å². The molecule has 0 spiro atoms. The minimum Gasteiger partial charge on any atom is -0.313 e. The number of halogens is 1. The maximum absolute atomic E-state index is 13.1. The Balaban J connectivity index is 1.50. The Morgan fingerprint density at radius 2 is 2.11 bits per heavy atom. The molecule has 1 aromatic heterocycles. The van der Waals surface area contributed by atoms with E-state index in [1.807, 2.05) is 6.07 Å². The average molecular weight is 264 g/mol. The van der Waals surface area contributed by atoms with E-state index >= 15 is 0 Å². The highest BCUT2D eigenvalue weighted by atomic mass is 32.1. The second-order valence-electron chi connectivity index (χ2n) is 4.80. The van der Waals surface area contributed by atoms with E-state index in [0.717, 1.165) is 35.8 Å². The molecule has 0 amide bonds. The first kappa shape index (κ1) is 12.1. The summed E-state index contributed by atoms with van der Waals surface area (Å²) in [6, 6.07) is 7.89.